The van der Waals surface area contributed by atoms with Crippen molar-refractivity contribution < 1.29 is 9.84 Å². The molecule has 0 saturated carbocycles. The molecule has 1 heterocycles. The van der Waals surface area contributed by atoms with E-state index in [1.165, 1.54) is 55.9 Å². The number of fused-ring (bicyclic) bond motifs is 1. The molecule has 0 amide bonds. The van der Waals surface area contributed by atoms with Gasteiger partial charge in [0.1, 0.15) is 18.5 Å². The van der Waals surface area contributed by atoms with E-state index < -0.39 is 6.10 Å². The van der Waals surface area contributed by atoms with E-state index in [1.807, 2.05) is 30.5 Å². The maximum absolute atomic E-state index is 10.4. The molecule has 3 nitrogen and oxygen atoms in total. The maximum Gasteiger partial charge on any atom is 0.119 e. The zero-order valence-corrected chi connectivity index (χ0v) is 17.7. The molecule has 1 unspecified atom stereocenters. The number of hydrogen-bond acceptors (Lipinski definition) is 2. The normalized spacial score (nSPS) is 12.3. The van der Waals surface area contributed by atoms with Crippen LogP contribution in [-0.2, 0) is 13.0 Å². The minimum atomic E-state index is -0.543. The number of aryl methyl sites for hydroxylation is 1. The van der Waals surface area contributed by atoms with Gasteiger partial charge in [0.2, 0.25) is 0 Å². The highest BCUT2D eigenvalue weighted by atomic mass is 16.5. The summed E-state index contributed by atoms with van der Waals surface area (Å²) in [5.74, 6) is 0.824. The standard InChI is InChI=1S/C26H35NO2/c1-2-3-4-5-6-7-8-11-22-14-16-25(17-15-22)29-21-24(28)20-27-19-18-23-12-9-10-13-26(23)27/h9-10,12-19,24,28H,2-8,11,20-21H2,1H3. The molecule has 3 rings (SSSR count). The highest BCUT2D eigenvalue weighted by Gasteiger charge is 2.09. The van der Waals surface area contributed by atoms with Gasteiger partial charge >= 0.3 is 0 Å². The monoisotopic (exact) mass is 393 g/mol. The first-order chi connectivity index (χ1) is 14.3. The zero-order valence-electron chi connectivity index (χ0n) is 17.7. The minimum Gasteiger partial charge on any atom is -0.491 e. The fourth-order valence-corrected chi connectivity index (χ4v) is 3.81. The van der Waals surface area contributed by atoms with Crippen molar-refractivity contribution in [3.05, 3.63) is 66.4 Å². The van der Waals surface area contributed by atoms with Gasteiger partial charge in [0.25, 0.3) is 0 Å². The number of hydrogen-bond donors (Lipinski definition) is 1. The van der Waals surface area contributed by atoms with Crippen molar-refractivity contribution in [2.75, 3.05) is 6.61 Å². The van der Waals surface area contributed by atoms with Gasteiger partial charge in [-0.1, -0.05) is 75.8 Å². The number of aliphatic hydroxyl groups excluding tert-OH is 1. The van der Waals surface area contributed by atoms with E-state index in [0.29, 0.717) is 13.2 Å². The Kier molecular flexibility index (Phi) is 8.63. The molecule has 156 valence electrons. The van der Waals surface area contributed by atoms with Gasteiger partial charge in [-0.2, -0.15) is 0 Å². The number of unbranched alkanes of at least 4 members (excludes halogenated alkanes) is 6. The van der Waals surface area contributed by atoms with Crippen LogP contribution in [0.1, 0.15) is 57.4 Å². The largest absolute Gasteiger partial charge is 0.491 e. The van der Waals surface area contributed by atoms with Gasteiger partial charge in [-0.25, -0.2) is 0 Å². The highest BCUT2D eigenvalue weighted by Crippen LogP contribution is 2.17. The van der Waals surface area contributed by atoms with Crippen molar-refractivity contribution in [3.63, 3.8) is 0 Å². The van der Waals surface area contributed by atoms with E-state index >= 15 is 0 Å². The minimum absolute atomic E-state index is 0.295. The van der Waals surface area contributed by atoms with Gasteiger partial charge in [-0.15, -0.1) is 0 Å². The second kappa shape index (κ2) is 11.7. The summed E-state index contributed by atoms with van der Waals surface area (Å²) in [6.45, 7) is 3.09. The maximum atomic E-state index is 10.4. The third-order valence-corrected chi connectivity index (χ3v) is 5.52. The van der Waals surface area contributed by atoms with E-state index in [4.69, 9.17) is 4.74 Å². The molecule has 0 spiro atoms. The number of aliphatic hydroxyl groups is 1. The molecule has 0 fully saturated rings. The van der Waals surface area contributed by atoms with Gasteiger partial charge in [-0.05, 0) is 48.1 Å². The lowest BCUT2D eigenvalue weighted by Crippen LogP contribution is -2.23. The van der Waals surface area contributed by atoms with E-state index in [2.05, 4.69) is 41.8 Å². The summed E-state index contributed by atoms with van der Waals surface area (Å²) in [7, 11) is 0. The molecular weight excluding hydrogens is 358 g/mol. The molecule has 0 aliphatic rings. The fourth-order valence-electron chi connectivity index (χ4n) is 3.81. The molecular formula is C26H35NO2. The van der Waals surface area contributed by atoms with Crippen molar-refractivity contribution in [2.24, 2.45) is 0 Å². The fraction of sp³-hybridized carbons (Fsp3) is 0.462. The Bertz CT molecular complexity index is 837. The smallest absolute Gasteiger partial charge is 0.119 e. The number of ether oxygens (including phenoxy) is 1. The van der Waals surface area contributed by atoms with Crippen LogP contribution in [0.25, 0.3) is 10.9 Å². The Morgan fingerprint density at radius 1 is 0.862 bits per heavy atom. The van der Waals surface area contributed by atoms with Crippen LogP contribution >= 0.6 is 0 Å². The van der Waals surface area contributed by atoms with Crippen molar-refractivity contribution in [1.29, 1.82) is 0 Å². The Labute approximate surface area is 175 Å². The van der Waals surface area contributed by atoms with Crippen LogP contribution in [0, 0.1) is 0 Å². The van der Waals surface area contributed by atoms with Crippen molar-refractivity contribution in [3.8, 4) is 5.75 Å². The quantitative estimate of drug-likeness (QED) is 0.342. The molecule has 3 heteroatoms. The Morgan fingerprint density at radius 2 is 1.59 bits per heavy atom. The van der Waals surface area contributed by atoms with Gasteiger partial charge in [0, 0.05) is 11.7 Å². The number of aromatic nitrogens is 1. The first-order valence-electron chi connectivity index (χ1n) is 11.2. The summed E-state index contributed by atoms with van der Waals surface area (Å²) in [6, 6.07) is 18.6. The van der Waals surface area contributed by atoms with Crippen LogP contribution in [-0.4, -0.2) is 22.4 Å². The molecule has 0 aliphatic carbocycles. The number of nitrogens with zero attached hydrogens (tertiary/aromatic N) is 1. The third kappa shape index (κ3) is 6.93. The van der Waals surface area contributed by atoms with E-state index in [1.54, 1.807) is 0 Å². The average molecular weight is 394 g/mol. The first-order valence-corrected chi connectivity index (χ1v) is 11.2. The number of rotatable bonds is 13. The van der Waals surface area contributed by atoms with Crippen LogP contribution in [0.2, 0.25) is 0 Å². The Morgan fingerprint density at radius 3 is 2.38 bits per heavy atom. The lowest BCUT2D eigenvalue weighted by molar-refractivity contribution is 0.0935. The lowest BCUT2D eigenvalue weighted by Gasteiger charge is -2.14. The molecule has 2 aromatic carbocycles. The zero-order chi connectivity index (χ0) is 20.3. The van der Waals surface area contributed by atoms with Gasteiger partial charge in [0.05, 0.1) is 6.54 Å². The predicted molar refractivity (Wildman–Crippen MR) is 122 cm³/mol. The summed E-state index contributed by atoms with van der Waals surface area (Å²) in [4.78, 5) is 0. The second-order valence-corrected chi connectivity index (χ2v) is 8.01. The lowest BCUT2D eigenvalue weighted by atomic mass is 10.0. The first kappa shape index (κ1) is 21.4. The van der Waals surface area contributed by atoms with Crippen LogP contribution in [0.5, 0.6) is 5.75 Å². The molecule has 0 bridgehead atoms. The molecule has 0 radical (unpaired) electrons. The predicted octanol–water partition coefficient (Wildman–Crippen LogP) is 6.37. The van der Waals surface area contributed by atoms with E-state index in [-0.39, 0.29) is 0 Å². The van der Waals surface area contributed by atoms with Crippen molar-refractivity contribution in [2.45, 2.75) is 70.9 Å². The summed E-state index contributed by atoms with van der Waals surface area (Å²) >= 11 is 0. The molecule has 0 saturated heterocycles. The highest BCUT2D eigenvalue weighted by molar-refractivity contribution is 5.79. The van der Waals surface area contributed by atoms with Gasteiger partial charge in [0.15, 0.2) is 0 Å². The number of benzene rings is 2. The van der Waals surface area contributed by atoms with Crippen molar-refractivity contribution >= 4 is 10.9 Å². The Balaban J connectivity index is 1.36. The van der Waals surface area contributed by atoms with Crippen LogP contribution in [0.4, 0.5) is 0 Å². The average Bonchev–Trinajstić information content (AvgIpc) is 3.15. The summed E-state index contributed by atoms with van der Waals surface area (Å²) < 4.78 is 7.88. The van der Waals surface area contributed by atoms with Gasteiger partial charge in [-0.3, -0.25) is 0 Å². The second-order valence-electron chi connectivity index (χ2n) is 8.01. The SMILES string of the molecule is CCCCCCCCCc1ccc(OCC(O)Cn2ccc3ccccc32)cc1. The molecule has 1 N–H and O–H groups in total. The third-order valence-electron chi connectivity index (χ3n) is 5.52. The molecule has 1 aromatic heterocycles. The van der Waals surface area contributed by atoms with Crippen LogP contribution in [0.15, 0.2) is 60.8 Å². The molecule has 29 heavy (non-hydrogen) atoms. The molecule has 1 atom stereocenters. The summed E-state index contributed by atoms with van der Waals surface area (Å²) in [6.07, 6.45) is 12.0. The molecule has 0 aliphatic heterocycles. The van der Waals surface area contributed by atoms with Crippen molar-refractivity contribution in [1.82, 2.24) is 4.57 Å². The molecule has 3 aromatic rings. The summed E-state index contributed by atoms with van der Waals surface area (Å²) in [5.41, 5.74) is 2.51. The van der Waals surface area contributed by atoms with E-state index in [9.17, 15) is 5.11 Å². The van der Waals surface area contributed by atoms with E-state index in [0.717, 1.165) is 17.7 Å². The summed E-state index contributed by atoms with van der Waals surface area (Å²) in [5, 5.41) is 11.6. The topological polar surface area (TPSA) is 34.4 Å². The number of para-hydroxylation sites is 1. The van der Waals surface area contributed by atoms with Crippen LogP contribution < -0.4 is 4.74 Å². The Hall–Kier alpha value is -2.26. The van der Waals surface area contributed by atoms with Gasteiger partial charge < -0.3 is 14.4 Å². The van der Waals surface area contributed by atoms with Crippen LogP contribution in [0.3, 0.4) is 0 Å².